The number of aliphatic hydroxyl groups excluding tert-OH is 1. The zero-order valence-electron chi connectivity index (χ0n) is 13.4. The number of rotatable bonds is 4. The van der Waals surface area contributed by atoms with Crippen LogP contribution in [0.5, 0.6) is 0 Å². The van der Waals surface area contributed by atoms with Crippen LogP contribution < -0.4 is 5.73 Å². The molecule has 1 aliphatic heterocycles. The molecule has 2 atom stereocenters. The number of nitrogens with two attached hydrogens (primary N) is 1. The Kier molecular flexibility index (Phi) is 4.40. The molecule has 24 heavy (non-hydrogen) atoms. The van der Waals surface area contributed by atoms with Crippen molar-refractivity contribution in [3.05, 3.63) is 48.2 Å². The number of H-pyrrole nitrogens is 1. The smallest absolute Gasteiger partial charge is 0.250 e. The number of aromatic amines is 1. The third-order valence-electron chi connectivity index (χ3n) is 4.74. The van der Waals surface area contributed by atoms with Crippen LogP contribution >= 0.6 is 0 Å². The van der Waals surface area contributed by atoms with Gasteiger partial charge in [-0.05, 0) is 30.2 Å². The molecule has 0 bridgehead atoms. The van der Waals surface area contributed by atoms with Crippen molar-refractivity contribution in [3.8, 4) is 0 Å². The van der Waals surface area contributed by atoms with Crippen LogP contribution in [0.25, 0.3) is 10.9 Å². The van der Waals surface area contributed by atoms with Crippen LogP contribution in [0.15, 0.2) is 37.1 Å². The van der Waals surface area contributed by atoms with E-state index >= 15 is 0 Å². The van der Waals surface area contributed by atoms with Crippen molar-refractivity contribution in [1.82, 2.24) is 9.88 Å². The van der Waals surface area contributed by atoms with Crippen LogP contribution in [0.4, 0.5) is 0 Å². The summed E-state index contributed by atoms with van der Waals surface area (Å²) in [5, 5.41) is 10.5. The number of hydrogen-bond donors (Lipinski definition) is 3. The summed E-state index contributed by atoms with van der Waals surface area (Å²) < 4.78 is 0. The van der Waals surface area contributed by atoms with Gasteiger partial charge in [-0.15, -0.1) is 0 Å². The molecule has 0 spiro atoms. The first-order valence-corrected chi connectivity index (χ1v) is 7.97. The Hall–Kier alpha value is -2.60. The molecule has 6 heteroatoms. The van der Waals surface area contributed by atoms with E-state index in [1.807, 2.05) is 12.1 Å². The Bertz CT molecular complexity index is 796. The summed E-state index contributed by atoms with van der Waals surface area (Å²) in [7, 11) is 0. The van der Waals surface area contributed by atoms with E-state index in [1.54, 1.807) is 17.2 Å². The molecule has 2 heterocycles. The molecule has 6 nitrogen and oxygen atoms in total. The Morgan fingerprint density at radius 2 is 2.17 bits per heavy atom. The summed E-state index contributed by atoms with van der Waals surface area (Å²) in [6, 6.07) is 5.54. The van der Waals surface area contributed by atoms with Crippen molar-refractivity contribution in [2.24, 2.45) is 11.7 Å². The standard InChI is InChI=1S/C18H21N3O3/c1-2-16(23)21-8-11(10-22)7-12(9-21)13-3-4-15(18(19)24)17-14(13)5-6-20-17/h2-6,11-12,20,22H,1,7-10H2,(H2,19,24)/t11?,12-/m1/s1. The highest BCUT2D eigenvalue weighted by Gasteiger charge is 2.31. The number of carbonyl (C=O) groups excluding carboxylic acids is 2. The van der Waals surface area contributed by atoms with Gasteiger partial charge in [0.05, 0.1) is 11.1 Å². The monoisotopic (exact) mass is 327 g/mol. The number of carbonyl (C=O) groups is 2. The molecule has 1 saturated heterocycles. The number of nitrogens with one attached hydrogen (secondary N) is 1. The lowest BCUT2D eigenvalue weighted by Crippen LogP contribution is -2.43. The van der Waals surface area contributed by atoms with Crippen molar-refractivity contribution in [2.75, 3.05) is 19.7 Å². The van der Waals surface area contributed by atoms with E-state index in [4.69, 9.17) is 5.73 Å². The summed E-state index contributed by atoms with van der Waals surface area (Å²) >= 11 is 0. The second kappa shape index (κ2) is 6.49. The van der Waals surface area contributed by atoms with Gasteiger partial charge in [-0.1, -0.05) is 12.6 Å². The molecule has 4 N–H and O–H groups in total. The number of hydrogen-bond acceptors (Lipinski definition) is 3. The summed E-state index contributed by atoms with van der Waals surface area (Å²) in [4.78, 5) is 28.4. The van der Waals surface area contributed by atoms with Crippen molar-refractivity contribution < 1.29 is 14.7 Å². The Morgan fingerprint density at radius 1 is 1.38 bits per heavy atom. The maximum absolute atomic E-state index is 12.0. The first-order valence-electron chi connectivity index (χ1n) is 7.97. The second-order valence-electron chi connectivity index (χ2n) is 6.26. The molecule has 3 rings (SSSR count). The number of aliphatic hydroxyl groups is 1. The van der Waals surface area contributed by atoms with Gasteiger partial charge < -0.3 is 20.7 Å². The normalized spacial score (nSPS) is 21.0. The fourth-order valence-corrected chi connectivity index (χ4v) is 3.61. The van der Waals surface area contributed by atoms with Gasteiger partial charge in [0.15, 0.2) is 0 Å². The summed E-state index contributed by atoms with van der Waals surface area (Å²) in [6.07, 6.45) is 3.87. The third kappa shape index (κ3) is 2.80. The summed E-state index contributed by atoms with van der Waals surface area (Å²) in [6.45, 7) is 4.68. The molecule has 2 aromatic rings. The molecule has 1 unspecified atom stereocenters. The molecule has 1 aromatic carbocycles. The average molecular weight is 327 g/mol. The van der Waals surface area contributed by atoms with Gasteiger partial charge in [0.2, 0.25) is 5.91 Å². The molecule has 0 radical (unpaired) electrons. The highest BCUT2D eigenvalue weighted by Crippen LogP contribution is 2.35. The third-order valence-corrected chi connectivity index (χ3v) is 4.74. The molecule has 0 aliphatic carbocycles. The van der Waals surface area contributed by atoms with Gasteiger partial charge in [0.25, 0.3) is 5.91 Å². The Balaban J connectivity index is 2.01. The van der Waals surface area contributed by atoms with Gasteiger partial charge in [-0.25, -0.2) is 0 Å². The van der Waals surface area contributed by atoms with Crippen LogP contribution in [0, 0.1) is 5.92 Å². The van der Waals surface area contributed by atoms with Crippen molar-refractivity contribution in [2.45, 2.75) is 12.3 Å². The molecule has 1 fully saturated rings. The van der Waals surface area contributed by atoms with Crippen LogP contribution in [0.1, 0.15) is 28.3 Å². The molecular weight excluding hydrogens is 306 g/mol. The zero-order chi connectivity index (χ0) is 17.3. The molecule has 0 saturated carbocycles. The minimum absolute atomic E-state index is 0.0254. The molecule has 2 amide bonds. The minimum atomic E-state index is -0.477. The number of likely N-dealkylation sites (tertiary alicyclic amines) is 1. The van der Waals surface area contributed by atoms with E-state index in [2.05, 4.69) is 11.6 Å². The van der Waals surface area contributed by atoms with E-state index in [0.717, 1.165) is 17.4 Å². The van der Waals surface area contributed by atoms with Gasteiger partial charge in [-0.3, -0.25) is 9.59 Å². The quantitative estimate of drug-likeness (QED) is 0.740. The molecular formula is C18H21N3O3. The molecule has 1 aliphatic rings. The van der Waals surface area contributed by atoms with E-state index in [1.165, 1.54) is 6.08 Å². The fourth-order valence-electron chi connectivity index (χ4n) is 3.61. The van der Waals surface area contributed by atoms with Crippen LogP contribution in [-0.2, 0) is 4.79 Å². The fraction of sp³-hybridized carbons (Fsp3) is 0.333. The van der Waals surface area contributed by atoms with Crippen molar-refractivity contribution >= 4 is 22.7 Å². The van der Waals surface area contributed by atoms with Gasteiger partial charge >= 0.3 is 0 Å². The van der Waals surface area contributed by atoms with Gasteiger partial charge in [0.1, 0.15) is 0 Å². The number of amides is 2. The zero-order valence-corrected chi connectivity index (χ0v) is 13.4. The second-order valence-corrected chi connectivity index (χ2v) is 6.26. The van der Waals surface area contributed by atoms with Crippen molar-refractivity contribution in [1.29, 1.82) is 0 Å². The Labute approximate surface area is 139 Å². The average Bonchev–Trinajstić information content (AvgIpc) is 3.09. The maximum Gasteiger partial charge on any atom is 0.250 e. The van der Waals surface area contributed by atoms with Crippen LogP contribution in [0.2, 0.25) is 0 Å². The molecule has 126 valence electrons. The van der Waals surface area contributed by atoms with Crippen molar-refractivity contribution in [3.63, 3.8) is 0 Å². The summed E-state index contributed by atoms with van der Waals surface area (Å²) in [5.41, 5.74) is 7.65. The van der Waals surface area contributed by atoms with E-state index in [9.17, 15) is 14.7 Å². The number of primary amides is 1. The van der Waals surface area contributed by atoms with E-state index in [-0.39, 0.29) is 24.3 Å². The Morgan fingerprint density at radius 3 is 2.83 bits per heavy atom. The number of piperidine rings is 1. The largest absolute Gasteiger partial charge is 0.396 e. The topological polar surface area (TPSA) is 99.4 Å². The highest BCUT2D eigenvalue weighted by molar-refractivity contribution is 6.05. The number of nitrogens with zero attached hydrogens (tertiary/aromatic N) is 1. The van der Waals surface area contributed by atoms with Crippen LogP contribution in [-0.4, -0.2) is 46.5 Å². The first kappa shape index (κ1) is 16.3. The van der Waals surface area contributed by atoms with E-state index < -0.39 is 5.91 Å². The van der Waals surface area contributed by atoms with Gasteiger partial charge in [-0.2, -0.15) is 0 Å². The molecule has 1 aromatic heterocycles. The first-order chi connectivity index (χ1) is 11.5. The number of benzene rings is 1. The summed E-state index contributed by atoms with van der Waals surface area (Å²) in [5.74, 6) is -0.496. The highest BCUT2D eigenvalue weighted by atomic mass is 16.3. The van der Waals surface area contributed by atoms with E-state index in [0.29, 0.717) is 24.2 Å². The number of fused-ring (bicyclic) bond motifs is 1. The lowest BCUT2D eigenvalue weighted by atomic mass is 9.83. The lowest BCUT2D eigenvalue weighted by molar-refractivity contribution is -0.128. The number of aromatic nitrogens is 1. The SMILES string of the molecule is C=CC(=O)N1CC(CO)C[C@@H](c2ccc(C(N)=O)c3[nH]ccc23)C1. The predicted octanol–water partition coefficient (Wildman–Crippen LogP) is 1.38. The predicted molar refractivity (Wildman–Crippen MR) is 91.5 cm³/mol. The maximum atomic E-state index is 12.0. The van der Waals surface area contributed by atoms with Gasteiger partial charge in [0, 0.05) is 43.1 Å². The lowest BCUT2D eigenvalue weighted by Gasteiger charge is -2.37. The minimum Gasteiger partial charge on any atom is -0.396 e. The van der Waals surface area contributed by atoms with Crippen LogP contribution in [0.3, 0.4) is 0 Å².